The van der Waals surface area contributed by atoms with Gasteiger partial charge in [-0.3, -0.25) is 0 Å². The third kappa shape index (κ3) is 10.2. The van der Waals surface area contributed by atoms with Crippen LogP contribution in [0.15, 0.2) is 0 Å². The van der Waals surface area contributed by atoms with Crippen molar-refractivity contribution >= 4 is 39.5 Å². The van der Waals surface area contributed by atoms with Crippen molar-refractivity contribution in [3.63, 3.8) is 0 Å². The Balaban J connectivity index is 0. The molecule has 4 heavy (non-hydrogen) atoms. The van der Waals surface area contributed by atoms with Gasteiger partial charge in [0, 0.05) is 0 Å². The predicted octanol–water partition coefficient (Wildman–Crippen LogP) is -2.24. The first-order valence-electron chi connectivity index (χ1n) is 0. The molecule has 0 fully saturated rings. The molecule has 0 spiro atoms. The summed E-state index contributed by atoms with van der Waals surface area (Å²) < 4.78 is 0. The van der Waals surface area contributed by atoms with E-state index >= 15 is 0 Å². The third-order valence-corrected chi connectivity index (χ3v) is 0. The number of rotatable bonds is 0. The molecule has 0 aliphatic heterocycles. The molecule has 0 saturated carbocycles. The van der Waals surface area contributed by atoms with Gasteiger partial charge in [-0.05, 0) is 0 Å². The first-order valence-corrected chi connectivity index (χ1v) is 0. The number of hydrogen-bond donors (Lipinski definition) is 0. The van der Waals surface area contributed by atoms with Crippen LogP contribution < -0.4 is 0 Å². The summed E-state index contributed by atoms with van der Waals surface area (Å²) >= 11 is 0. The van der Waals surface area contributed by atoms with E-state index in [4.69, 9.17) is 0 Å². The van der Waals surface area contributed by atoms with Crippen molar-refractivity contribution in [3.05, 3.63) is 0 Å². The van der Waals surface area contributed by atoms with Gasteiger partial charge in [-0.1, -0.05) is 0 Å². The fourth-order valence-electron chi connectivity index (χ4n) is 0. The van der Waals surface area contributed by atoms with Crippen LogP contribution >= 0.6 is 9.90 Å². The van der Waals surface area contributed by atoms with Gasteiger partial charge in [0.2, 0.25) is 0 Å². The Labute approximate surface area is 50.5 Å². The Morgan fingerprint density at radius 2 is 0.750 bits per heavy atom. The van der Waals surface area contributed by atoms with E-state index in [-0.39, 0.29) is 50.4 Å². The van der Waals surface area contributed by atoms with Crippen molar-refractivity contribution in [1.29, 1.82) is 0 Å². The fraction of sp³-hybridized carbons (Fsp3) is 0. The summed E-state index contributed by atoms with van der Waals surface area (Å²) in [6, 6.07) is 0. The van der Waals surface area contributed by atoms with Crippen molar-refractivity contribution in [2.75, 3.05) is 0 Å². The number of hydrogen-bond acceptors (Lipinski definition) is 0. The average Bonchev–Trinajstić information content (AvgIpc) is 0. The molecule has 0 aromatic carbocycles. The zero-order valence-electron chi connectivity index (χ0n) is 1.71. The fourth-order valence-corrected chi connectivity index (χ4v) is 0. The van der Waals surface area contributed by atoms with E-state index in [0.29, 0.717) is 0 Å². The minimum atomic E-state index is 0. The Morgan fingerprint density at radius 1 is 0.750 bits per heavy atom. The monoisotopic (exact) mass is 94.0 g/mol. The molecule has 0 aromatic rings. The maximum absolute atomic E-state index is 0. The van der Waals surface area contributed by atoms with Crippen LogP contribution in [0.25, 0.3) is 0 Å². The summed E-state index contributed by atoms with van der Waals surface area (Å²) in [6.07, 6.45) is 0. The van der Waals surface area contributed by atoms with Gasteiger partial charge >= 0.3 is 29.6 Å². The molecule has 4 N–H and O–H groups in total. The second-order valence-electron chi connectivity index (χ2n) is 0. The van der Waals surface area contributed by atoms with Crippen LogP contribution in [0.4, 0.5) is 0 Å². The molecular weight excluding hydrogens is 86.0 g/mol. The van der Waals surface area contributed by atoms with Gasteiger partial charge in [0.15, 0.2) is 0 Å². The van der Waals surface area contributed by atoms with E-state index in [1.54, 1.807) is 0 Å². The molecule has 0 saturated heterocycles. The van der Waals surface area contributed by atoms with Gasteiger partial charge in [0.25, 0.3) is 0 Å². The summed E-state index contributed by atoms with van der Waals surface area (Å²) in [5, 5.41) is 0. The topological polar surface area (TPSA) is 63.0 Å². The molecule has 1 unspecified atom stereocenters. The van der Waals surface area contributed by atoms with Crippen molar-refractivity contribution in [2.24, 2.45) is 0 Å². The molecule has 0 radical (unpaired) electrons. The average molecular weight is 94.0 g/mol. The van der Waals surface area contributed by atoms with E-state index in [0.717, 1.165) is 0 Å². The minimum absolute atomic E-state index is 0. The molecule has 1 atom stereocenters. The van der Waals surface area contributed by atoms with Gasteiger partial charge < -0.3 is 11.0 Å². The first-order chi connectivity index (χ1) is 0. The standard InChI is InChI=1S/Na.2H2O.H3P.H/h;2*1H2;1H3;. The van der Waals surface area contributed by atoms with E-state index in [2.05, 4.69) is 0 Å². The molecule has 0 aliphatic carbocycles. The Hall–Kier alpha value is 1.35. The summed E-state index contributed by atoms with van der Waals surface area (Å²) in [5.74, 6) is 0. The molecule has 26 valence electrons. The Kier molecular flexibility index (Phi) is 372. The SMILES string of the molecule is O.O.P.[NaH]. The zero-order valence-corrected chi connectivity index (χ0v) is 3.12. The molecule has 0 aromatic heterocycles. The molecular formula is H8NaO2P. The van der Waals surface area contributed by atoms with Crippen LogP contribution in [0.5, 0.6) is 0 Å². The van der Waals surface area contributed by atoms with Crippen LogP contribution in [0.3, 0.4) is 0 Å². The van der Waals surface area contributed by atoms with Crippen LogP contribution in [0.1, 0.15) is 0 Å². The van der Waals surface area contributed by atoms with E-state index in [9.17, 15) is 0 Å². The Bertz CT molecular complexity index is 6.00. The van der Waals surface area contributed by atoms with Gasteiger partial charge in [-0.25, -0.2) is 0 Å². The second-order valence-corrected chi connectivity index (χ2v) is 0. The molecule has 0 heterocycles. The molecule has 0 aliphatic rings. The molecule has 0 bridgehead atoms. The summed E-state index contributed by atoms with van der Waals surface area (Å²) in [5.41, 5.74) is 0. The van der Waals surface area contributed by atoms with Crippen LogP contribution in [0, 0.1) is 0 Å². The third-order valence-electron chi connectivity index (χ3n) is 0. The molecule has 2 nitrogen and oxygen atoms in total. The van der Waals surface area contributed by atoms with Crippen molar-refractivity contribution in [3.8, 4) is 0 Å². The molecule has 4 heteroatoms. The second kappa shape index (κ2) is 26.8. The summed E-state index contributed by atoms with van der Waals surface area (Å²) in [7, 11) is 0. The van der Waals surface area contributed by atoms with E-state index in [1.807, 2.05) is 0 Å². The molecule has 0 rings (SSSR count). The van der Waals surface area contributed by atoms with Crippen LogP contribution in [-0.2, 0) is 0 Å². The zero-order chi connectivity index (χ0) is 0. The van der Waals surface area contributed by atoms with E-state index < -0.39 is 0 Å². The van der Waals surface area contributed by atoms with E-state index in [1.165, 1.54) is 0 Å². The quantitative estimate of drug-likeness (QED) is 0.241. The van der Waals surface area contributed by atoms with Gasteiger partial charge in [-0.15, -0.1) is 0 Å². The summed E-state index contributed by atoms with van der Waals surface area (Å²) in [4.78, 5) is 0. The van der Waals surface area contributed by atoms with Gasteiger partial charge in [0.1, 0.15) is 0 Å². The van der Waals surface area contributed by atoms with Crippen molar-refractivity contribution < 1.29 is 11.0 Å². The maximum atomic E-state index is 0. The normalized spacial score (nSPS) is 0. The Morgan fingerprint density at radius 3 is 0.750 bits per heavy atom. The van der Waals surface area contributed by atoms with Crippen LogP contribution in [-0.4, -0.2) is 40.5 Å². The van der Waals surface area contributed by atoms with Crippen molar-refractivity contribution in [2.45, 2.75) is 0 Å². The van der Waals surface area contributed by atoms with Gasteiger partial charge in [0.05, 0.1) is 0 Å². The van der Waals surface area contributed by atoms with Crippen molar-refractivity contribution in [1.82, 2.24) is 0 Å². The molecule has 0 amide bonds. The first kappa shape index (κ1) is 55.5. The predicted molar refractivity (Wildman–Crippen MR) is 25.5 cm³/mol. The van der Waals surface area contributed by atoms with Gasteiger partial charge in [-0.2, -0.15) is 9.90 Å². The van der Waals surface area contributed by atoms with Crippen LogP contribution in [0.2, 0.25) is 0 Å². The summed E-state index contributed by atoms with van der Waals surface area (Å²) in [6.45, 7) is 0.